The lowest BCUT2D eigenvalue weighted by Gasteiger charge is -2.18. The van der Waals surface area contributed by atoms with Gasteiger partial charge < -0.3 is 10.1 Å². The average molecular weight is 271 g/mol. The minimum absolute atomic E-state index is 0.263. The molecule has 20 heavy (non-hydrogen) atoms. The van der Waals surface area contributed by atoms with Crippen LogP contribution in [-0.2, 0) is 6.42 Å². The Kier molecular flexibility index (Phi) is 5.50. The minimum atomic E-state index is 0.263. The van der Waals surface area contributed by atoms with Crippen molar-refractivity contribution >= 4 is 0 Å². The number of rotatable bonds is 7. The first kappa shape index (κ1) is 14.5. The van der Waals surface area contributed by atoms with Crippen LogP contribution in [0.1, 0.15) is 30.5 Å². The molecule has 2 heterocycles. The number of ether oxygens (including phenoxy) is 1. The first-order valence-corrected chi connectivity index (χ1v) is 6.95. The molecule has 1 atom stereocenters. The lowest BCUT2D eigenvalue weighted by Crippen LogP contribution is -2.24. The summed E-state index contributed by atoms with van der Waals surface area (Å²) in [6.45, 7) is 3.16. The zero-order chi connectivity index (χ0) is 14.2. The van der Waals surface area contributed by atoms with Crippen molar-refractivity contribution in [2.75, 3.05) is 13.7 Å². The fourth-order valence-electron chi connectivity index (χ4n) is 2.10. The summed E-state index contributed by atoms with van der Waals surface area (Å²) in [6.07, 6.45) is 7.59. The average Bonchev–Trinajstić information content (AvgIpc) is 2.53. The van der Waals surface area contributed by atoms with Crippen LogP contribution < -0.4 is 10.1 Å². The molecule has 106 valence electrons. The Morgan fingerprint density at radius 3 is 2.75 bits per heavy atom. The molecule has 0 amide bonds. The van der Waals surface area contributed by atoms with E-state index in [-0.39, 0.29) is 6.04 Å². The van der Waals surface area contributed by atoms with Gasteiger partial charge in [-0.25, -0.2) is 4.98 Å². The number of hydrogen-bond donors (Lipinski definition) is 1. The third kappa shape index (κ3) is 4.03. The molecule has 4 heteroatoms. The molecule has 0 bridgehead atoms. The van der Waals surface area contributed by atoms with Gasteiger partial charge in [-0.15, -0.1) is 0 Å². The summed E-state index contributed by atoms with van der Waals surface area (Å²) < 4.78 is 5.09. The Labute approximate surface area is 120 Å². The Hall–Kier alpha value is -1.94. The maximum absolute atomic E-state index is 5.09. The fourth-order valence-corrected chi connectivity index (χ4v) is 2.10. The number of pyridine rings is 2. The summed E-state index contributed by atoms with van der Waals surface area (Å²) in [5.74, 6) is 0.646. The normalized spacial score (nSPS) is 12.1. The van der Waals surface area contributed by atoms with Crippen LogP contribution in [0.2, 0.25) is 0 Å². The molecular formula is C16H21N3O. The Morgan fingerprint density at radius 1 is 1.25 bits per heavy atom. The van der Waals surface area contributed by atoms with Gasteiger partial charge in [0.1, 0.15) is 0 Å². The highest BCUT2D eigenvalue weighted by Crippen LogP contribution is 2.18. The second kappa shape index (κ2) is 7.60. The third-order valence-electron chi connectivity index (χ3n) is 3.17. The van der Waals surface area contributed by atoms with Crippen LogP contribution in [-0.4, -0.2) is 23.6 Å². The van der Waals surface area contributed by atoms with E-state index in [9.17, 15) is 0 Å². The Morgan fingerprint density at radius 2 is 2.15 bits per heavy atom. The van der Waals surface area contributed by atoms with E-state index in [1.54, 1.807) is 13.3 Å². The van der Waals surface area contributed by atoms with Gasteiger partial charge in [0, 0.05) is 30.7 Å². The molecule has 0 fully saturated rings. The highest BCUT2D eigenvalue weighted by molar-refractivity contribution is 5.22. The van der Waals surface area contributed by atoms with Gasteiger partial charge in [-0.05, 0) is 36.6 Å². The largest absolute Gasteiger partial charge is 0.481 e. The fraction of sp³-hybridized carbons (Fsp3) is 0.375. The van der Waals surface area contributed by atoms with E-state index in [0.29, 0.717) is 5.88 Å². The maximum atomic E-state index is 5.09. The van der Waals surface area contributed by atoms with Gasteiger partial charge in [0.2, 0.25) is 5.88 Å². The molecule has 0 aliphatic rings. The van der Waals surface area contributed by atoms with Crippen LogP contribution in [0.25, 0.3) is 0 Å². The topological polar surface area (TPSA) is 47.0 Å². The zero-order valence-electron chi connectivity index (χ0n) is 12.0. The van der Waals surface area contributed by atoms with Gasteiger partial charge in [-0.1, -0.05) is 19.1 Å². The van der Waals surface area contributed by atoms with Crippen LogP contribution in [0.4, 0.5) is 0 Å². The van der Waals surface area contributed by atoms with Crippen molar-refractivity contribution in [3.05, 3.63) is 54.0 Å². The first-order chi connectivity index (χ1) is 9.83. The van der Waals surface area contributed by atoms with Crippen LogP contribution in [0.3, 0.4) is 0 Å². The smallest absolute Gasteiger partial charge is 0.212 e. The highest BCUT2D eigenvalue weighted by Gasteiger charge is 2.11. The third-order valence-corrected chi connectivity index (χ3v) is 3.17. The van der Waals surface area contributed by atoms with Gasteiger partial charge >= 0.3 is 0 Å². The number of hydrogen-bond acceptors (Lipinski definition) is 4. The molecule has 0 saturated heterocycles. The molecule has 0 aromatic carbocycles. The Bertz CT molecular complexity index is 499. The van der Waals surface area contributed by atoms with Crippen LogP contribution in [0.5, 0.6) is 5.88 Å². The van der Waals surface area contributed by atoms with Crippen molar-refractivity contribution in [3.8, 4) is 5.88 Å². The molecule has 2 rings (SSSR count). The molecule has 1 unspecified atom stereocenters. The van der Waals surface area contributed by atoms with Crippen LogP contribution in [0.15, 0.2) is 42.9 Å². The molecule has 0 saturated carbocycles. The molecule has 0 aliphatic heterocycles. The first-order valence-electron chi connectivity index (χ1n) is 6.95. The van der Waals surface area contributed by atoms with Gasteiger partial charge in [0.25, 0.3) is 0 Å². The standard InChI is InChI=1S/C16H21N3O/c1-3-8-18-15(14-5-4-9-17-12-14)10-13-6-7-16(20-2)19-11-13/h4-7,9,11-12,15,18H,3,8,10H2,1-2H3. The number of nitrogens with one attached hydrogen (secondary N) is 1. The van der Waals surface area contributed by atoms with E-state index in [0.717, 1.165) is 19.4 Å². The van der Waals surface area contributed by atoms with Crippen molar-refractivity contribution in [2.24, 2.45) is 0 Å². The van der Waals surface area contributed by atoms with Crippen molar-refractivity contribution in [2.45, 2.75) is 25.8 Å². The second-order valence-corrected chi connectivity index (χ2v) is 4.71. The predicted octanol–water partition coefficient (Wildman–Crippen LogP) is 2.77. The van der Waals surface area contributed by atoms with E-state index in [2.05, 4.69) is 34.3 Å². The van der Waals surface area contributed by atoms with E-state index in [4.69, 9.17) is 4.74 Å². The molecule has 0 spiro atoms. The van der Waals surface area contributed by atoms with Gasteiger partial charge in [-0.2, -0.15) is 0 Å². The van der Waals surface area contributed by atoms with Crippen molar-refractivity contribution in [1.82, 2.24) is 15.3 Å². The highest BCUT2D eigenvalue weighted by atomic mass is 16.5. The van der Waals surface area contributed by atoms with Crippen molar-refractivity contribution in [3.63, 3.8) is 0 Å². The van der Waals surface area contributed by atoms with E-state index < -0.39 is 0 Å². The monoisotopic (exact) mass is 271 g/mol. The van der Waals surface area contributed by atoms with E-state index >= 15 is 0 Å². The Balaban J connectivity index is 2.10. The maximum Gasteiger partial charge on any atom is 0.212 e. The van der Waals surface area contributed by atoms with Gasteiger partial charge in [-0.3, -0.25) is 4.98 Å². The summed E-state index contributed by atoms with van der Waals surface area (Å²) >= 11 is 0. The van der Waals surface area contributed by atoms with Crippen LogP contribution >= 0.6 is 0 Å². The lowest BCUT2D eigenvalue weighted by atomic mass is 10.0. The summed E-state index contributed by atoms with van der Waals surface area (Å²) in [6, 6.07) is 8.30. The van der Waals surface area contributed by atoms with Gasteiger partial charge in [0.05, 0.1) is 7.11 Å². The minimum Gasteiger partial charge on any atom is -0.481 e. The SMILES string of the molecule is CCCNC(Cc1ccc(OC)nc1)c1cccnc1. The number of methoxy groups -OCH3 is 1. The molecule has 2 aromatic heterocycles. The summed E-state index contributed by atoms with van der Waals surface area (Å²) in [5, 5.41) is 3.56. The molecular weight excluding hydrogens is 250 g/mol. The predicted molar refractivity (Wildman–Crippen MR) is 79.8 cm³/mol. The molecule has 1 N–H and O–H groups in total. The van der Waals surface area contributed by atoms with Crippen molar-refractivity contribution in [1.29, 1.82) is 0 Å². The van der Waals surface area contributed by atoms with E-state index in [1.807, 2.05) is 24.5 Å². The van der Waals surface area contributed by atoms with Gasteiger partial charge in [0.15, 0.2) is 0 Å². The second-order valence-electron chi connectivity index (χ2n) is 4.71. The van der Waals surface area contributed by atoms with Crippen LogP contribution in [0, 0.1) is 0 Å². The zero-order valence-corrected chi connectivity index (χ0v) is 12.0. The molecule has 0 radical (unpaired) electrons. The molecule has 4 nitrogen and oxygen atoms in total. The summed E-state index contributed by atoms with van der Waals surface area (Å²) in [4.78, 5) is 8.47. The number of aromatic nitrogens is 2. The summed E-state index contributed by atoms with van der Waals surface area (Å²) in [7, 11) is 1.63. The number of nitrogens with zero attached hydrogens (tertiary/aromatic N) is 2. The summed E-state index contributed by atoms with van der Waals surface area (Å²) in [5.41, 5.74) is 2.39. The van der Waals surface area contributed by atoms with Crippen molar-refractivity contribution < 1.29 is 4.74 Å². The lowest BCUT2D eigenvalue weighted by molar-refractivity contribution is 0.397. The molecule has 0 aliphatic carbocycles. The van der Waals surface area contributed by atoms with E-state index in [1.165, 1.54) is 11.1 Å². The quantitative estimate of drug-likeness (QED) is 0.841. The molecule has 2 aromatic rings.